The molecule has 5 aromatic rings. The van der Waals surface area contributed by atoms with Gasteiger partial charge in [0.2, 0.25) is 0 Å². The minimum Gasteiger partial charge on any atom is -0.494 e. The number of benzene rings is 2. The van der Waals surface area contributed by atoms with Crippen molar-refractivity contribution in [3.63, 3.8) is 0 Å². The van der Waals surface area contributed by atoms with Gasteiger partial charge in [-0.05, 0) is 103 Å². The van der Waals surface area contributed by atoms with Crippen LogP contribution in [-0.4, -0.2) is 259 Å². The van der Waals surface area contributed by atoms with E-state index in [2.05, 4.69) is 95.8 Å². The second-order valence-electron chi connectivity index (χ2n) is 24.0. The van der Waals surface area contributed by atoms with Gasteiger partial charge in [0, 0.05) is 67.6 Å². The van der Waals surface area contributed by atoms with E-state index < -0.39 is 12.6 Å². The molecule has 0 amide bonds. The molecule has 0 atom stereocenters. The highest BCUT2D eigenvalue weighted by Gasteiger charge is 2.20. The van der Waals surface area contributed by atoms with Gasteiger partial charge in [-0.2, -0.15) is 0 Å². The Morgan fingerprint density at radius 3 is 1.03 bits per heavy atom. The van der Waals surface area contributed by atoms with Gasteiger partial charge < -0.3 is 105 Å². The van der Waals surface area contributed by atoms with E-state index in [9.17, 15) is 0 Å². The van der Waals surface area contributed by atoms with Crippen molar-refractivity contribution in [1.29, 1.82) is 0 Å². The molecule has 5 heterocycles. The Bertz CT molecular complexity index is 3090. The Hall–Kier alpha value is -6.08. The average molecular weight is 1430 g/mol. The minimum atomic E-state index is -0.736. The molecule has 24 heteroatoms. The summed E-state index contributed by atoms with van der Waals surface area (Å²) >= 11 is 0. The summed E-state index contributed by atoms with van der Waals surface area (Å²) in [5.74, 6) is 1.23. The normalized spacial score (nSPS) is 12.2. The molecule has 0 aliphatic carbocycles. The van der Waals surface area contributed by atoms with Crippen molar-refractivity contribution in [2.75, 3.05) is 227 Å². The molecule has 0 fully saturated rings. The number of aromatic nitrogens is 4. The third kappa shape index (κ3) is 34.2. The first-order chi connectivity index (χ1) is 50.5. The molecule has 2 N–H and O–H groups in total. The van der Waals surface area contributed by atoms with Crippen LogP contribution in [0.4, 0.5) is 0 Å². The summed E-state index contributed by atoms with van der Waals surface area (Å²) in [7, 11) is 6.54. The number of unbranched alkanes of at least 4 members (excludes halogenated alkanes) is 7. The molecule has 0 saturated carbocycles. The van der Waals surface area contributed by atoms with Gasteiger partial charge in [-0.3, -0.25) is 0 Å². The topological polar surface area (TPSA) is 242 Å². The number of H-pyrrole nitrogens is 2. The number of fused-ring (bicyclic) bond motifs is 8. The van der Waals surface area contributed by atoms with Crippen LogP contribution in [0.15, 0.2) is 84.9 Å². The van der Waals surface area contributed by atoms with Crippen LogP contribution in [-0.2, 0) is 85.3 Å². The van der Waals surface area contributed by atoms with Gasteiger partial charge in [0.1, 0.15) is 11.5 Å². The Kier molecular flexibility index (Phi) is 43.8. The summed E-state index contributed by atoms with van der Waals surface area (Å²) < 4.78 is 116. The van der Waals surface area contributed by atoms with E-state index in [4.69, 9.17) is 105 Å². The summed E-state index contributed by atoms with van der Waals surface area (Å²) in [5, 5.41) is 0. The molecule has 3 aromatic heterocycles. The highest BCUT2D eigenvalue weighted by atomic mass is 16.7. The number of rotatable bonds is 63. The Morgan fingerprint density at radius 2 is 0.657 bits per heavy atom. The molecule has 8 bridgehead atoms. The van der Waals surface area contributed by atoms with E-state index in [1.54, 1.807) is 28.4 Å². The number of ether oxygens (including phenoxy) is 20. The zero-order valence-corrected chi connectivity index (χ0v) is 61.1. The van der Waals surface area contributed by atoms with Crippen LogP contribution < -0.4 is 9.47 Å². The van der Waals surface area contributed by atoms with E-state index in [0.717, 1.165) is 79.3 Å². The number of hydrogen-bond acceptors (Lipinski definition) is 22. The van der Waals surface area contributed by atoms with Gasteiger partial charge in [-0.15, -0.1) is 0 Å². The monoisotopic (exact) mass is 1430 g/mol. The summed E-state index contributed by atoms with van der Waals surface area (Å²) in [6.45, 7) is 13.5. The second kappa shape index (κ2) is 53.7. The molecule has 566 valence electrons. The van der Waals surface area contributed by atoms with Crippen molar-refractivity contribution < 1.29 is 94.7 Å². The molecule has 0 radical (unpaired) electrons. The van der Waals surface area contributed by atoms with Crippen molar-refractivity contribution in [3.05, 3.63) is 108 Å². The van der Waals surface area contributed by atoms with Gasteiger partial charge in [-0.1, -0.05) is 76.1 Å². The lowest BCUT2D eigenvalue weighted by Gasteiger charge is -2.23. The van der Waals surface area contributed by atoms with Crippen LogP contribution in [0.3, 0.4) is 0 Å². The van der Waals surface area contributed by atoms with E-state index in [1.165, 1.54) is 44.9 Å². The zero-order chi connectivity index (χ0) is 71.4. The SMILES string of the molecule is CCCCCCCCCCOc1ccc(-c2c3nc(cc4ccc([nH]4)c(-c4ccc(OCC(COCC(OCCOCCOCCOC)OCCOCCOCCOC)COCC(OCCOCCOCCOC)OCCOCCOCCOC)cc4)c4nc(cc5ccc2[nH]5)C=C4)C=C3)cc1. The van der Waals surface area contributed by atoms with Crippen LogP contribution >= 0.6 is 0 Å². The first kappa shape index (κ1) is 83.2. The lowest BCUT2D eigenvalue weighted by molar-refractivity contribution is -0.193. The fourth-order valence-corrected chi connectivity index (χ4v) is 10.7. The Morgan fingerprint density at radius 1 is 0.314 bits per heavy atom. The molecule has 7 rings (SSSR count). The Balaban J connectivity index is 1.05. The standard InChI is InChI=1S/C78H114N4O20/c1-6-7-8-9-10-11-12-13-30-97-69-22-14-63(15-23-69)77-71-26-18-65(79-71)55-67-20-28-73(81-67)78(74-29-21-68(82-74)56-66-19-27-72(77)80-66)64-16-24-70(25-17-64)102-59-62(57-95-60-75(98-51-47-91-43-39-87-35-31-83-2)99-52-48-92-44-40-88-36-32-84-3)58-96-61-76(100-53-49-93-45-41-89-37-33-85-4)101-54-50-94-46-42-90-38-34-86-5/h14-29,55-56,62,75-76,79,82H,6-13,30-54,57-61H2,1-5H3. The van der Waals surface area contributed by atoms with Crippen molar-refractivity contribution in [1.82, 2.24) is 19.9 Å². The molecule has 0 unspecified atom stereocenters. The van der Waals surface area contributed by atoms with E-state index in [0.29, 0.717) is 144 Å². The maximum absolute atomic E-state index is 6.60. The highest BCUT2D eigenvalue weighted by molar-refractivity contribution is 5.93. The predicted molar refractivity (Wildman–Crippen MR) is 394 cm³/mol. The van der Waals surface area contributed by atoms with Crippen LogP contribution in [0, 0.1) is 5.92 Å². The highest BCUT2D eigenvalue weighted by Crippen LogP contribution is 2.34. The number of hydrogen-bond donors (Lipinski definition) is 2. The summed E-state index contributed by atoms with van der Waals surface area (Å²) in [6, 6.07) is 28.9. The van der Waals surface area contributed by atoms with Crippen LogP contribution in [0.25, 0.3) is 68.6 Å². The molecule has 2 aliphatic rings. The molecular formula is C78H114N4O20. The molecule has 24 nitrogen and oxygen atoms in total. The molecule has 102 heavy (non-hydrogen) atoms. The van der Waals surface area contributed by atoms with Crippen molar-refractivity contribution in [3.8, 4) is 33.8 Å². The number of nitrogens with zero attached hydrogens (tertiary/aromatic N) is 2. The van der Waals surface area contributed by atoms with Gasteiger partial charge in [0.05, 0.1) is 221 Å². The fourth-order valence-electron chi connectivity index (χ4n) is 10.7. The third-order valence-corrected chi connectivity index (χ3v) is 16.0. The minimum absolute atomic E-state index is 0.0992. The van der Waals surface area contributed by atoms with Crippen LogP contribution in [0.5, 0.6) is 11.5 Å². The molecule has 2 aliphatic heterocycles. The average Bonchev–Trinajstić information content (AvgIpc) is 1.64. The molecular weight excluding hydrogens is 1310 g/mol. The largest absolute Gasteiger partial charge is 0.494 e. The fraction of sp³-hybridized carbons (Fsp3) is 0.590. The summed E-state index contributed by atoms with van der Waals surface area (Å²) in [6.07, 6.45) is 16.9. The number of aromatic amines is 2. The van der Waals surface area contributed by atoms with E-state index in [-0.39, 0.29) is 65.4 Å². The zero-order valence-electron chi connectivity index (χ0n) is 61.1. The summed E-state index contributed by atoms with van der Waals surface area (Å²) in [4.78, 5) is 17.8. The first-order valence-electron chi connectivity index (χ1n) is 36.2. The van der Waals surface area contributed by atoms with Crippen molar-refractivity contribution >= 4 is 46.4 Å². The molecule has 0 spiro atoms. The maximum Gasteiger partial charge on any atom is 0.181 e. The number of methoxy groups -OCH3 is 4. The first-order valence-corrected chi connectivity index (χ1v) is 36.2. The third-order valence-electron chi connectivity index (χ3n) is 16.0. The lowest BCUT2D eigenvalue weighted by Crippen LogP contribution is -2.32. The van der Waals surface area contributed by atoms with E-state index in [1.807, 2.05) is 30.3 Å². The van der Waals surface area contributed by atoms with Crippen LogP contribution in [0.2, 0.25) is 0 Å². The van der Waals surface area contributed by atoms with Gasteiger partial charge in [0.25, 0.3) is 0 Å². The lowest BCUT2D eigenvalue weighted by atomic mass is 10.0. The molecule has 0 saturated heterocycles. The predicted octanol–water partition coefficient (Wildman–Crippen LogP) is 12.0. The smallest absolute Gasteiger partial charge is 0.181 e. The van der Waals surface area contributed by atoms with Crippen molar-refractivity contribution in [2.45, 2.75) is 70.9 Å². The van der Waals surface area contributed by atoms with E-state index >= 15 is 0 Å². The van der Waals surface area contributed by atoms with Gasteiger partial charge in [-0.25, -0.2) is 9.97 Å². The quantitative estimate of drug-likeness (QED) is 0.0266. The van der Waals surface area contributed by atoms with Gasteiger partial charge >= 0.3 is 0 Å². The Labute approximate surface area is 603 Å². The summed E-state index contributed by atoms with van der Waals surface area (Å²) in [5.41, 5.74) is 10.8. The number of nitrogens with one attached hydrogen (secondary N) is 2. The molecule has 2 aromatic carbocycles. The second-order valence-corrected chi connectivity index (χ2v) is 24.0. The maximum atomic E-state index is 6.60. The van der Waals surface area contributed by atoms with Crippen LogP contribution in [0.1, 0.15) is 81.1 Å². The van der Waals surface area contributed by atoms with Crippen molar-refractivity contribution in [2.24, 2.45) is 5.92 Å². The van der Waals surface area contributed by atoms with Gasteiger partial charge in [0.15, 0.2) is 12.6 Å².